The van der Waals surface area contributed by atoms with E-state index in [2.05, 4.69) is 4.74 Å². The highest BCUT2D eigenvalue weighted by Crippen LogP contribution is 2.51. The van der Waals surface area contributed by atoms with E-state index in [4.69, 9.17) is 34.6 Å². The fourth-order valence-corrected chi connectivity index (χ4v) is 5.65. The lowest BCUT2D eigenvalue weighted by Crippen LogP contribution is -2.25. The molecule has 0 heterocycles. The molecule has 1 unspecified atom stereocenters. The molecule has 2 aromatic carbocycles. The molecule has 2 rings (SSSR count). The SMILES string of the molecule is COC(=O)CCCCCCCCCCCOC[C@H](COP(=O)(OCCc1ccc([N+](=O)[O-])cc1)Oc1ccccc1Cl)OC. The van der Waals surface area contributed by atoms with Gasteiger partial charge in [0.25, 0.3) is 5.69 Å². The van der Waals surface area contributed by atoms with Gasteiger partial charge in [-0.1, -0.05) is 80.8 Å². The topological polar surface area (TPSA) is 133 Å². The van der Waals surface area contributed by atoms with Crippen LogP contribution in [0.15, 0.2) is 48.5 Å². The number of carbonyl (C=O) groups is 1. The smallest absolute Gasteiger partial charge is 0.469 e. The van der Waals surface area contributed by atoms with Crippen LogP contribution in [0.5, 0.6) is 5.75 Å². The number of benzene rings is 2. The second kappa shape index (κ2) is 22.1. The number of carbonyl (C=O) groups excluding carboxylic acids is 1. The first-order valence-electron chi connectivity index (χ1n) is 15.0. The van der Waals surface area contributed by atoms with E-state index in [1.807, 2.05) is 0 Å². The Hall–Kier alpha value is -2.53. The molecule has 0 radical (unpaired) electrons. The summed E-state index contributed by atoms with van der Waals surface area (Å²) < 4.78 is 46.3. The van der Waals surface area contributed by atoms with Crippen LogP contribution in [-0.4, -0.2) is 57.6 Å². The number of nitrogens with zero attached hydrogens (tertiary/aromatic N) is 1. The Morgan fingerprint density at radius 1 is 0.864 bits per heavy atom. The highest BCUT2D eigenvalue weighted by atomic mass is 35.5. The molecule has 246 valence electrons. The van der Waals surface area contributed by atoms with Crippen LogP contribution in [0.2, 0.25) is 5.02 Å². The zero-order valence-corrected chi connectivity index (χ0v) is 27.3. The molecule has 2 atom stereocenters. The van der Waals surface area contributed by atoms with Gasteiger partial charge in [-0.3, -0.25) is 24.0 Å². The maximum atomic E-state index is 13.6. The van der Waals surface area contributed by atoms with Gasteiger partial charge in [0, 0.05) is 32.3 Å². The molecule has 0 saturated heterocycles. The number of nitro groups is 1. The molecular weight excluding hydrogens is 613 g/mol. The summed E-state index contributed by atoms with van der Waals surface area (Å²) in [5.74, 6) is 0.0124. The van der Waals surface area contributed by atoms with Crippen LogP contribution in [0.3, 0.4) is 0 Å². The van der Waals surface area contributed by atoms with Crippen molar-refractivity contribution in [2.24, 2.45) is 0 Å². The van der Waals surface area contributed by atoms with E-state index in [-0.39, 0.29) is 42.2 Å². The molecule has 0 spiro atoms. The molecule has 0 fully saturated rings. The number of hydrogen-bond donors (Lipinski definition) is 0. The molecule has 2 aromatic rings. The van der Waals surface area contributed by atoms with E-state index in [1.54, 1.807) is 36.4 Å². The maximum absolute atomic E-state index is 13.6. The molecule has 0 bridgehead atoms. The number of nitro benzene ring substituents is 1. The van der Waals surface area contributed by atoms with Crippen LogP contribution in [0.25, 0.3) is 0 Å². The molecule has 0 N–H and O–H groups in total. The van der Waals surface area contributed by atoms with Crippen molar-refractivity contribution in [2.45, 2.75) is 76.7 Å². The van der Waals surface area contributed by atoms with Crippen molar-refractivity contribution < 1.29 is 42.1 Å². The Balaban J connectivity index is 1.70. The number of phosphoric ester groups is 1. The van der Waals surface area contributed by atoms with E-state index >= 15 is 0 Å². The third-order valence-electron chi connectivity index (χ3n) is 6.79. The summed E-state index contributed by atoms with van der Waals surface area (Å²) in [5.41, 5.74) is 0.742. The van der Waals surface area contributed by atoms with Gasteiger partial charge in [-0.2, -0.15) is 0 Å². The zero-order valence-electron chi connectivity index (χ0n) is 25.7. The summed E-state index contributed by atoms with van der Waals surface area (Å²) in [5, 5.41) is 11.1. The number of unbranched alkanes of at least 4 members (excludes halogenated alkanes) is 8. The Bertz CT molecular complexity index is 1150. The van der Waals surface area contributed by atoms with Crippen molar-refractivity contribution in [1.29, 1.82) is 0 Å². The Kier molecular flexibility index (Phi) is 18.9. The number of rotatable bonds is 25. The van der Waals surface area contributed by atoms with E-state index < -0.39 is 18.8 Å². The largest absolute Gasteiger partial charge is 0.530 e. The number of esters is 1. The number of hydrogen-bond acceptors (Lipinski definition) is 10. The molecule has 44 heavy (non-hydrogen) atoms. The number of methoxy groups -OCH3 is 2. The summed E-state index contributed by atoms with van der Waals surface area (Å²) in [6, 6.07) is 12.6. The average molecular weight is 658 g/mol. The fourth-order valence-electron chi connectivity index (χ4n) is 4.18. The van der Waals surface area contributed by atoms with Crippen molar-refractivity contribution in [3.05, 3.63) is 69.2 Å². The highest BCUT2D eigenvalue weighted by molar-refractivity contribution is 7.48. The maximum Gasteiger partial charge on any atom is 0.530 e. The Labute approximate surface area is 265 Å². The van der Waals surface area contributed by atoms with Gasteiger partial charge in [0.2, 0.25) is 0 Å². The highest BCUT2D eigenvalue weighted by Gasteiger charge is 2.31. The summed E-state index contributed by atoms with van der Waals surface area (Å²) >= 11 is 6.20. The monoisotopic (exact) mass is 657 g/mol. The zero-order chi connectivity index (χ0) is 32.0. The second-order valence-electron chi connectivity index (χ2n) is 10.2. The van der Waals surface area contributed by atoms with Gasteiger partial charge < -0.3 is 18.7 Å². The Morgan fingerprint density at radius 2 is 1.50 bits per heavy atom. The molecule has 0 saturated carbocycles. The van der Waals surface area contributed by atoms with Gasteiger partial charge in [-0.15, -0.1) is 0 Å². The fraction of sp³-hybridized carbons (Fsp3) is 0.581. The summed E-state index contributed by atoms with van der Waals surface area (Å²) in [6.45, 7) is 0.697. The predicted octanol–water partition coefficient (Wildman–Crippen LogP) is 8.12. The van der Waals surface area contributed by atoms with Crippen molar-refractivity contribution in [3.63, 3.8) is 0 Å². The minimum absolute atomic E-state index is 0.0182. The second-order valence-corrected chi connectivity index (χ2v) is 12.2. The minimum Gasteiger partial charge on any atom is -0.469 e. The van der Waals surface area contributed by atoms with Crippen LogP contribution in [0.1, 0.15) is 69.8 Å². The molecule has 0 aliphatic carbocycles. The van der Waals surface area contributed by atoms with Crippen molar-refractivity contribution in [2.75, 3.05) is 40.6 Å². The van der Waals surface area contributed by atoms with Crippen molar-refractivity contribution in [3.8, 4) is 5.75 Å². The number of ether oxygens (including phenoxy) is 3. The van der Waals surface area contributed by atoms with Gasteiger partial charge in [-0.05, 0) is 37.0 Å². The van der Waals surface area contributed by atoms with Gasteiger partial charge in [0.05, 0.1) is 36.9 Å². The van der Waals surface area contributed by atoms with Crippen LogP contribution < -0.4 is 4.52 Å². The first-order valence-corrected chi connectivity index (χ1v) is 16.8. The van der Waals surface area contributed by atoms with Gasteiger partial charge in [0.15, 0.2) is 0 Å². The molecule has 0 aliphatic rings. The molecule has 13 heteroatoms. The normalized spacial score (nSPS) is 13.2. The third kappa shape index (κ3) is 16.0. The quantitative estimate of drug-likeness (QED) is 0.0339. The van der Waals surface area contributed by atoms with Gasteiger partial charge in [0.1, 0.15) is 11.9 Å². The lowest BCUT2D eigenvalue weighted by molar-refractivity contribution is -0.384. The van der Waals surface area contributed by atoms with Crippen LogP contribution >= 0.6 is 19.4 Å². The van der Waals surface area contributed by atoms with E-state index in [1.165, 1.54) is 45.6 Å². The summed E-state index contributed by atoms with van der Waals surface area (Å²) in [7, 11) is -1.19. The third-order valence-corrected chi connectivity index (χ3v) is 8.48. The summed E-state index contributed by atoms with van der Waals surface area (Å²) in [4.78, 5) is 21.5. The molecule has 0 aliphatic heterocycles. The lowest BCUT2D eigenvalue weighted by Gasteiger charge is -2.22. The molecular formula is C31H45ClNO10P. The standard InChI is InChI=1S/C31H45ClNO10P/c1-38-28(24-40-22-13-9-7-5-3-4-6-8-10-16-31(34)39-2)25-42-44(37,43-30-15-12-11-14-29(30)32)41-23-21-26-17-19-27(20-18-26)33(35)36/h11-12,14-15,17-20,28H,3-10,13,16,21-25H2,1-2H3/t28-,44?/m1/s1. The van der Waals surface area contributed by atoms with Gasteiger partial charge >= 0.3 is 13.8 Å². The first kappa shape index (κ1) is 37.7. The number of para-hydroxylation sites is 1. The van der Waals surface area contributed by atoms with Crippen LogP contribution in [-0.2, 0) is 39.0 Å². The number of halogens is 1. The molecule has 11 nitrogen and oxygen atoms in total. The Morgan fingerprint density at radius 3 is 2.11 bits per heavy atom. The molecule has 0 aromatic heterocycles. The van der Waals surface area contributed by atoms with Crippen molar-refractivity contribution in [1.82, 2.24) is 0 Å². The first-order chi connectivity index (χ1) is 21.3. The summed E-state index contributed by atoms with van der Waals surface area (Å²) in [6.07, 6.45) is 10.1. The van der Waals surface area contributed by atoms with Crippen molar-refractivity contribution >= 4 is 31.1 Å². The molecule has 0 amide bonds. The van der Waals surface area contributed by atoms with Gasteiger partial charge in [-0.25, -0.2) is 4.57 Å². The predicted molar refractivity (Wildman–Crippen MR) is 168 cm³/mol. The number of phosphoric acid groups is 1. The van der Waals surface area contributed by atoms with Crippen LogP contribution in [0, 0.1) is 10.1 Å². The van der Waals surface area contributed by atoms with Crippen LogP contribution in [0.4, 0.5) is 5.69 Å². The van der Waals surface area contributed by atoms with E-state index in [0.717, 1.165) is 44.1 Å². The average Bonchev–Trinajstić information content (AvgIpc) is 3.02. The minimum atomic E-state index is -4.12. The number of non-ortho nitro benzene ring substituents is 1. The van der Waals surface area contributed by atoms with E-state index in [9.17, 15) is 19.5 Å². The lowest BCUT2D eigenvalue weighted by atomic mass is 10.1. The van der Waals surface area contributed by atoms with E-state index in [0.29, 0.717) is 19.4 Å².